The SMILES string of the molecule is CCNc1ccc(S(=O)(=O)N(C)C(C)(C)CO)cc1. The number of likely N-dealkylation sites (N-methyl/N-ethyl adjacent to an activating group) is 1. The van der Waals surface area contributed by atoms with Crippen LogP contribution in [0.4, 0.5) is 5.69 Å². The van der Waals surface area contributed by atoms with Crippen LogP contribution in [-0.2, 0) is 10.0 Å². The van der Waals surface area contributed by atoms with Gasteiger partial charge in [-0.15, -0.1) is 0 Å². The highest BCUT2D eigenvalue weighted by molar-refractivity contribution is 7.89. The Morgan fingerprint density at radius 2 is 1.79 bits per heavy atom. The Balaban J connectivity index is 3.07. The monoisotopic (exact) mass is 286 g/mol. The first kappa shape index (κ1) is 15.9. The first-order valence-corrected chi connectivity index (χ1v) is 7.63. The van der Waals surface area contributed by atoms with Gasteiger partial charge in [0.1, 0.15) is 0 Å². The molecule has 2 N–H and O–H groups in total. The second-order valence-corrected chi connectivity index (χ2v) is 6.97. The summed E-state index contributed by atoms with van der Waals surface area (Å²) in [5, 5.41) is 12.4. The Morgan fingerprint density at radius 3 is 2.21 bits per heavy atom. The van der Waals surface area contributed by atoms with E-state index in [0.29, 0.717) is 0 Å². The normalized spacial score (nSPS) is 12.7. The largest absolute Gasteiger partial charge is 0.394 e. The van der Waals surface area contributed by atoms with Crippen LogP contribution in [0, 0.1) is 0 Å². The molecular weight excluding hydrogens is 264 g/mol. The Labute approximate surface area is 115 Å². The molecule has 0 amide bonds. The van der Waals surface area contributed by atoms with Gasteiger partial charge in [0, 0.05) is 19.3 Å². The van der Waals surface area contributed by atoms with Gasteiger partial charge >= 0.3 is 0 Å². The zero-order valence-electron chi connectivity index (χ0n) is 11.8. The Morgan fingerprint density at radius 1 is 1.26 bits per heavy atom. The van der Waals surface area contributed by atoms with E-state index < -0.39 is 15.6 Å². The molecular formula is C13H22N2O3S. The number of hydrogen-bond donors (Lipinski definition) is 2. The molecule has 0 radical (unpaired) electrons. The number of hydrogen-bond acceptors (Lipinski definition) is 4. The van der Waals surface area contributed by atoms with Gasteiger partial charge in [0.2, 0.25) is 10.0 Å². The molecule has 0 bridgehead atoms. The summed E-state index contributed by atoms with van der Waals surface area (Å²) in [7, 11) is -2.12. The highest BCUT2D eigenvalue weighted by Crippen LogP contribution is 2.23. The number of nitrogens with one attached hydrogen (secondary N) is 1. The van der Waals surface area contributed by atoms with Crippen molar-refractivity contribution in [3.8, 4) is 0 Å². The minimum absolute atomic E-state index is 0.221. The van der Waals surface area contributed by atoms with Crippen molar-refractivity contribution in [2.75, 3.05) is 25.5 Å². The molecule has 5 nitrogen and oxygen atoms in total. The predicted octanol–water partition coefficient (Wildman–Crippen LogP) is 1.51. The predicted molar refractivity (Wildman–Crippen MR) is 76.7 cm³/mol. The first-order chi connectivity index (χ1) is 8.75. The van der Waals surface area contributed by atoms with E-state index in [1.54, 1.807) is 38.1 Å². The summed E-state index contributed by atoms with van der Waals surface area (Å²) in [5.74, 6) is 0. The first-order valence-electron chi connectivity index (χ1n) is 6.19. The van der Waals surface area contributed by atoms with Crippen LogP contribution in [0.5, 0.6) is 0 Å². The summed E-state index contributed by atoms with van der Waals surface area (Å²) >= 11 is 0. The molecule has 1 rings (SSSR count). The molecule has 0 aliphatic heterocycles. The molecule has 1 aromatic carbocycles. The molecule has 0 aliphatic rings. The zero-order valence-corrected chi connectivity index (χ0v) is 12.7. The Hall–Kier alpha value is -1.11. The number of nitrogens with zero attached hydrogens (tertiary/aromatic N) is 1. The minimum atomic E-state index is -3.59. The van der Waals surface area contributed by atoms with Crippen molar-refractivity contribution in [2.24, 2.45) is 0 Å². The topological polar surface area (TPSA) is 69.6 Å². The molecule has 0 fully saturated rings. The van der Waals surface area contributed by atoms with Crippen LogP contribution < -0.4 is 5.32 Å². The van der Waals surface area contributed by atoms with Crippen LogP contribution in [-0.4, -0.2) is 43.6 Å². The lowest BCUT2D eigenvalue weighted by Gasteiger charge is -2.32. The van der Waals surface area contributed by atoms with Crippen molar-refractivity contribution in [3.05, 3.63) is 24.3 Å². The molecule has 0 saturated heterocycles. The van der Waals surface area contributed by atoms with Crippen molar-refractivity contribution >= 4 is 15.7 Å². The molecule has 1 aromatic rings. The molecule has 108 valence electrons. The molecule has 19 heavy (non-hydrogen) atoms. The summed E-state index contributed by atoms with van der Waals surface area (Å²) in [6.45, 7) is 5.87. The second kappa shape index (κ2) is 5.90. The van der Waals surface area contributed by atoms with Gasteiger partial charge in [0.25, 0.3) is 0 Å². The summed E-state index contributed by atoms with van der Waals surface area (Å²) in [4.78, 5) is 0.221. The van der Waals surface area contributed by atoms with E-state index in [0.717, 1.165) is 12.2 Å². The Bertz CT molecular complexity index is 509. The van der Waals surface area contributed by atoms with Gasteiger partial charge in [0.15, 0.2) is 0 Å². The van der Waals surface area contributed by atoms with Crippen molar-refractivity contribution in [1.82, 2.24) is 4.31 Å². The van der Waals surface area contributed by atoms with E-state index in [4.69, 9.17) is 0 Å². The number of anilines is 1. The Kier molecular flexibility index (Phi) is 4.95. The summed E-state index contributed by atoms with van der Waals surface area (Å²) in [5.41, 5.74) is 0.0460. The second-order valence-electron chi connectivity index (χ2n) is 5.00. The lowest BCUT2D eigenvalue weighted by Crippen LogP contribution is -2.47. The van der Waals surface area contributed by atoms with Crippen molar-refractivity contribution in [1.29, 1.82) is 0 Å². The number of sulfonamides is 1. The number of aliphatic hydroxyl groups is 1. The van der Waals surface area contributed by atoms with E-state index in [1.165, 1.54) is 11.4 Å². The number of benzene rings is 1. The van der Waals surface area contributed by atoms with Crippen molar-refractivity contribution in [2.45, 2.75) is 31.2 Å². The molecule has 0 aromatic heterocycles. The lowest BCUT2D eigenvalue weighted by molar-refractivity contribution is 0.138. The summed E-state index contributed by atoms with van der Waals surface area (Å²) < 4.78 is 26.0. The smallest absolute Gasteiger partial charge is 0.243 e. The third kappa shape index (κ3) is 3.46. The standard InChI is InChI=1S/C13H22N2O3S/c1-5-14-11-6-8-12(9-7-11)19(17,18)15(4)13(2,3)10-16/h6-9,14,16H,5,10H2,1-4H3. The van der Waals surface area contributed by atoms with Crippen LogP contribution >= 0.6 is 0 Å². The maximum absolute atomic E-state index is 12.4. The average Bonchev–Trinajstić information content (AvgIpc) is 2.39. The molecule has 0 atom stereocenters. The quantitative estimate of drug-likeness (QED) is 0.831. The maximum atomic E-state index is 12.4. The molecule has 0 saturated carbocycles. The molecule has 0 aliphatic carbocycles. The fourth-order valence-electron chi connectivity index (χ4n) is 1.53. The minimum Gasteiger partial charge on any atom is -0.394 e. The van der Waals surface area contributed by atoms with E-state index in [1.807, 2.05) is 6.92 Å². The van der Waals surface area contributed by atoms with Crippen LogP contribution in [0.2, 0.25) is 0 Å². The molecule has 6 heteroatoms. The van der Waals surface area contributed by atoms with E-state index in [2.05, 4.69) is 5.32 Å². The number of rotatable bonds is 6. The van der Waals surface area contributed by atoms with E-state index in [-0.39, 0.29) is 11.5 Å². The highest BCUT2D eigenvalue weighted by atomic mass is 32.2. The third-order valence-corrected chi connectivity index (χ3v) is 5.22. The third-order valence-electron chi connectivity index (χ3n) is 3.13. The van der Waals surface area contributed by atoms with E-state index >= 15 is 0 Å². The fraction of sp³-hybridized carbons (Fsp3) is 0.538. The van der Waals surface area contributed by atoms with Gasteiger partial charge in [-0.1, -0.05) is 0 Å². The van der Waals surface area contributed by atoms with Crippen molar-refractivity contribution in [3.63, 3.8) is 0 Å². The van der Waals surface area contributed by atoms with Crippen LogP contribution in [0.1, 0.15) is 20.8 Å². The summed E-state index contributed by atoms with van der Waals surface area (Å²) in [6, 6.07) is 6.60. The van der Waals surface area contributed by atoms with Gasteiger partial charge in [-0.3, -0.25) is 0 Å². The van der Waals surface area contributed by atoms with Crippen molar-refractivity contribution < 1.29 is 13.5 Å². The fourth-order valence-corrected chi connectivity index (χ4v) is 3.04. The van der Waals surface area contributed by atoms with Crippen LogP contribution in [0.25, 0.3) is 0 Å². The summed E-state index contributed by atoms with van der Waals surface area (Å²) in [6.07, 6.45) is 0. The average molecular weight is 286 g/mol. The van der Waals surface area contributed by atoms with Gasteiger partial charge in [-0.05, 0) is 45.0 Å². The lowest BCUT2D eigenvalue weighted by atomic mass is 10.1. The zero-order chi connectivity index (χ0) is 14.7. The van der Waals surface area contributed by atoms with Crippen LogP contribution in [0.3, 0.4) is 0 Å². The van der Waals surface area contributed by atoms with Gasteiger partial charge in [-0.25, -0.2) is 8.42 Å². The van der Waals surface area contributed by atoms with Crippen LogP contribution in [0.15, 0.2) is 29.2 Å². The van der Waals surface area contributed by atoms with E-state index in [9.17, 15) is 13.5 Å². The maximum Gasteiger partial charge on any atom is 0.243 e. The van der Waals surface area contributed by atoms with Gasteiger partial charge in [-0.2, -0.15) is 4.31 Å². The molecule has 0 heterocycles. The van der Waals surface area contributed by atoms with Gasteiger partial charge in [0.05, 0.1) is 17.0 Å². The number of aliphatic hydroxyl groups excluding tert-OH is 1. The van der Waals surface area contributed by atoms with Gasteiger partial charge < -0.3 is 10.4 Å². The molecule has 0 unspecified atom stereocenters. The molecule has 0 spiro atoms. The highest BCUT2D eigenvalue weighted by Gasteiger charge is 2.33.